The average Bonchev–Trinajstić information content (AvgIpc) is 3.33. The molecule has 2 aliphatic heterocycles. The van der Waals surface area contributed by atoms with Gasteiger partial charge < -0.3 is 30.5 Å². The molecule has 83 heavy (non-hydrogen) atoms. The van der Waals surface area contributed by atoms with Crippen molar-refractivity contribution in [2.75, 3.05) is 77.3 Å². The first-order valence-electron chi connectivity index (χ1n) is 30.4. The summed E-state index contributed by atoms with van der Waals surface area (Å²) in [7, 11) is 6.61. The van der Waals surface area contributed by atoms with Crippen molar-refractivity contribution in [1.29, 1.82) is 0 Å². The van der Waals surface area contributed by atoms with Crippen LogP contribution >= 0.6 is 15.9 Å². The minimum Gasteiger partial charge on any atom is -0.423 e. The molecular formula is C71H92BBrN6O4. The number of halogens is 1. The number of anilines is 2. The number of amides is 2. The molecule has 6 aromatic rings. The van der Waals surface area contributed by atoms with Crippen molar-refractivity contribution < 1.29 is 19.6 Å². The molecule has 4 fully saturated rings. The third-order valence-corrected chi connectivity index (χ3v) is 20.4. The summed E-state index contributed by atoms with van der Waals surface area (Å²) < 4.78 is 1.08. The Hall–Kier alpha value is -5.76. The largest absolute Gasteiger partial charge is 0.488 e. The van der Waals surface area contributed by atoms with Crippen molar-refractivity contribution in [3.63, 3.8) is 0 Å². The van der Waals surface area contributed by atoms with Crippen LogP contribution in [0.15, 0.2) is 138 Å². The molecule has 2 heterocycles. The van der Waals surface area contributed by atoms with Gasteiger partial charge in [0.15, 0.2) is 0 Å². The number of benzene rings is 6. The first-order chi connectivity index (χ1) is 39.4. The Bertz CT molecular complexity index is 3120. The van der Waals surface area contributed by atoms with Crippen LogP contribution in [-0.4, -0.2) is 118 Å². The Kier molecular flexibility index (Phi) is 19.9. The van der Waals surface area contributed by atoms with E-state index in [-0.39, 0.29) is 30.1 Å². The van der Waals surface area contributed by atoms with Gasteiger partial charge >= 0.3 is 7.12 Å². The molecule has 4 bridgehead atoms. The van der Waals surface area contributed by atoms with Crippen LogP contribution in [0.25, 0.3) is 11.1 Å². The van der Waals surface area contributed by atoms with E-state index in [9.17, 15) is 9.59 Å². The van der Waals surface area contributed by atoms with E-state index in [0.717, 1.165) is 58.8 Å². The Morgan fingerprint density at radius 3 is 1.35 bits per heavy atom. The molecule has 2 unspecified atom stereocenters. The summed E-state index contributed by atoms with van der Waals surface area (Å²) in [5, 5.41) is 23.9. The summed E-state index contributed by atoms with van der Waals surface area (Å²) in [6.07, 6.45) is 12.0. The third-order valence-electron chi connectivity index (χ3n) is 19.8. The lowest BCUT2D eigenvalue weighted by Crippen LogP contribution is -2.58. The molecule has 6 aliphatic rings. The summed E-state index contributed by atoms with van der Waals surface area (Å²) in [5.41, 5.74) is 15.3. The first-order valence-corrected chi connectivity index (χ1v) is 31.2. The van der Waals surface area contributed by atoms with Gasteiger partial charge in [0.25, 0.3) is 11.8 Å². The zero-order chi connectivity index (χ0) is 57.9. The molecule has 10 nitrogen and oxygen atoms in total. The summed E-state index contributed by atoms with van der Waals surface area (Å²) in [4.78, 5) is 35.7. The molecule has 12 rings (SSSR count). The fraction of sp³-hybridized carbons (Fsp3) is 0.465. The number of hydrogen-bond acceptors (Lipinski definition) is 8. The summed E-state index contributed by atoms with van der Waals surface area (Å²) in [6.45, 7) is 16.0. The number of nitrogens with zero attached hydrogens (tertiary/aromatic N) is 4. The second-order valence-electron chi connectivity index (χ2n) is 25.7. The first kappa shape index (κ1) is 61.8. The maximum absolute atomic E-state index is 13.2. The summed E-state index contributed by atoms with van der Waals surface area (Å²) in [5.74, 6) is 3.21. The predicted molar refractivity (Wildman–Crippen MR) is 348 cm³/mol. The zero-order valence-corrected chi connectivity index (χ0v) is 51.5. The Morgan fingerprint density at radius 2 is 0.964 bits per heavy atom. The van der Waals surface area contributed by atoms with Crippen molar-refractivity contribution in [1.82, 2.24) is 20.4 Å². The molecule has 12 heteroatoms. The predicted octanol–water partition coefficient (Wildman–Crippen LogP) is 11.8. The molecule has 2 saturated heterocycles. The van der Waals surface area contributed by atoms with Crippen LogP contribution in [0, 0.1) is 23.7 Å². The molecule has 0 spiro atoms. The lowest BCUT2D eigenvalue weighted by Gasteiger charge is -2.55. The molecule has 440 valence electrons. The highest BCUT2D eigenvalue weighted by Gasteiger charge is 2.50. The molecule has 4 N–H and O–H groups in total. The van der Waals surface area contributed by atoms with Gasteiger partial charge in [0.05, 0.1) is 0 Å². The molecule has 6 atom stereocenters. The zero-order valence-electron chi connectivity index (χ0n) is 49.9. The monoisotopic (exact) mass is 1180 g/mol. The van der Waals surface area contributed by atoms with Crippen LogP contribution in [0.5, 0.6) is 0 Å². The van der Waals surface area contributed by atoms with Crippen molar-refractivity contribution in [2.24, 2.45) is 23.7 Å². The van der Waals surface area contributed by atoms with Gasteiger partial charge in [-0.25, -0.2) is 0 Å². The second kappa shape index (κ2) is 26.7. The van der Waals surface area contributed by atoms with Gasteiger partial charge in [-0.1, -0.05) is 124 Å². The Balaban J connectivity index is 0.000000168. The number of fused-ring (bicyclic) bond motifs is 8. The number of rotatable bonds is 16. The van der Waals surface area contributed by atoms with E-state index in [1.165, 1.54) is 115 Å². The number of nitrogens with one attached hydrogen (secondary N) is 2. The smallest absolute Gasteiger partial charge is 0.423 e. The van der Waals surface area contributed by atoms with E-state index in [1.807, 2.05) is 55.4 Å². The fourth-order valence-corrected chi connectivity index (χ4v) is 13.9. The summed E-state index contributed by atoms with van der Waals surface area (Å²) >= 11 is 3.47. The average molecular weight is 1180 g/mol. The lowest BCUT2D eigenvalue weighted by molar-refractivity contribution is 0.0283. The maximum atomic E-state index is 13.2. The molecule has 6 aromatic carbocycles. The molecule has 2 saturated carbocycles. The van der Waals surface area contributed by atoms with E-state index < -0.39 is 7.12 Å². The second-order valence-corrected chi connectivity index (χ2v) is 26.6. The number of carbonyl (C=O) groups excluding carboxylic acids is 2. The van der Waals surface area contributed by atoms with E-state index in [1.54, 1.807) is 12.1 Å². The third kappa shape index (κ3) is 14.5. The molecule has 2 amide bonds. The van der Waals surface area contributed by atoms with Gasteiger partial charge in [0.2, 0.25) is 0 Å². The summed E-state index contributed by atoms with van der Waals surface area (Å²) in [6, 6.07) is 47.0. The van der Waals surface area contributed by atoms with Crippen LogP contribution in [0.1, 0.15) is 128 Å². The van der Waals surface area contributed by atoms with E-state index >= 15 is 0 Å². The van der Waals surface area contributed by atoms with Crippen molar-refractivity contribution in [2.45, 2.75) is 122 Å². The Morgan fingerprint density at radius 1 is 0.578 bits per heavy atom. The fourth-order valence-electron chi connectivity index (χ4n) is 13.7. The van der Waals surface area contributed by atoms with Gasteiger partial charge in [-0.2, -0.15) is 0 Å². The minimum atomic E-state index is -1.37. The number of carbonyl (C=O) groups is 2. The molecule has 0 radical (unpaired) electrons. The highest BCUT2D eigenvalue weighted by atomic mass is 79.9. The number of piperidine rings is 2. The van der Waals surface area contributed by atoms with Crippen LogP contribution in [0.2, 0.25) is 0 Å². The van der Waals surface area contributed by atoms with Crippen molar-refractivity contribution in [3.05, 3.63) is 182 Å². The van der Waals surface area contributed by atoms with Crippen molar-refractivity contribution >= 4 is 51.7 Å². The van der Waals surface area contributed by atoms with E-state index in [0.29, 0.717) is 42.5 Å². The van der Waals surface area contributed by atoms with Gasteiger partial charge in [-0.15, -0.1) is 0 Å². The minimum absolute atomic E-state index is 0. The molecular weight excluding hydrogens is 1090 g/mol. The van der Waals surface area contributed by atoms with Crippen LogP contribution in [-0.2, 0) is 36.5 Å². The molecule has 0 aromatic heterocycles. The Labute approximate surface area is 505 Å². The van der Waals surface area contributed by atoms with Gasteiger partial charge in [-0.3, -0.25) is 19.4 Å². The van der Waals surface area contributed by atoms with E-state index in [2.05, 4.69) is 168 Å². The van der Waals surface area contributed by atoms with Gasteiger partial charge in [-0.05, 0) is 222 Å². The van der Waals surface area contributed by atoms with E-state index in [4.69, 9.17) is 10.0 Å². The number of likely N-dealkylation sites (tertiary alicyclic amines) is 2. The quantitative estimate of drug-likeness (QED) is 0.0709. The highest BCUT2D eigenvalue weighted by molar-refractivity contribution is 9.10. The maximum Gasteiger partial charge on any atom is 0.488 e. The van der Waals surface area contributed by atoms with Gasteiger partial charge in [0, 0.05) is 93.4 Å². The highest BCUT2D eigenvalue weighted by Crippen LogP contribution is 2.51. The van der Waals surface area contributed by atoms with Crippen LogP contribution in [0.3, 0.4) is 0 Å². The lowest BCUT2D eigenvalue weighted by atomic mass is 9.59. The van der Waals surface area contributed by atoms with Gasteiger partial charge in [0.1, 0.15) is 0 Å². The topological polar surface area (TPSA) is 112 Å². The standard InChI is InChI=1S/C35H43N3O.C27H33BrN2O.C8H12BNO2.CH4/c1-24-33-22-29-11-12-30(21-32(29)35(24,2)18-20-38(33)23-26-5-6-26)34(39)36-19-17-25-7-9-27(10-8-25)28-13-15-31(16-14-28)37(3)4;1-18-25-16-21-7-8-22(26(31)29-13-11-19-5-9-23(28)10-6-19)15-24(21)27(18,2)12-14-30(25)17-20-3-4-20;1-10(2)8-5-3-7(4-6-8)9(11)12;/h7-16,21,24,26,33H,5-6,17-20,22-23H2,1-4H3,(H,36,39);5-10,15,18,20,25H,3-4,11-14,16-17H2,1-2H3,(H,29,31);3-6,11-12H,1-2H3;1H4/t24-,33?,35-;18-,25?,27-;;/m00../s1. The number of hydrogen-bond donors (Lipinski definition) is 4. The van der Waals surface area contributed by atoms with Crippen LogP contribution in [0.4, 0.5) is 11.4 Å². The van der Waals surface area contributed by atoms with Crippen molar-refractivity contribution in [3.8, 4) is 11.1 Å². The van der Waals surface area contributed by atoms with Crippen LogP contribution < -0.4 is 25.9 Å². The SMILES string of the molecule is C.CN(C)c1ccc(B(O)O)cc1.C[C@H]1C2Cc3ccc(C(=O)NCCc4ccc(-c5ccc(N(C)C)cc5)cc4)cc3[C@@]1(C)CCN2CC1CC1.C[C@H]1C2Cc3ccc(C(=O)NCCc4ccc(Br)cc4)cc3[C@@]1(C)CCN2CC1CC1. The normalized spacial score (nSPS) is 23.1. The molecule has 4 aliphatic carbocycles.